The van der Waals surface area contributed by atoms with Gasteiger partial charge in [-0.2, -0.15) is 11.8 Å². The lowest BCUT2D eigenvalue weighted by Crippen LogP contribution is -2.44. The van der Waals surface area contributed by atoms with Gasteiger partial charge in [-0.3, -0.25) is 0 Å². The Balaban J connectivity index is 1.71. The van der Waals surface area contributed by atoms with Crippen LogP contribution in [0, 0.1) is 0 Å². The number of thioether (sulfide) groups is 1. The Hall–Kier alpha value is 0.270. The number of nitrogens with one attached hydrogen (secondary N) is 1. The van der Waals surface area contributed by atoms with Crippen LogP contribution < -0.4 is 5.32 Å². The molecule has 1 atom stereocenters. The van der Waals surface area contributed by atoms with Crippen molar-refractivity contribution in [2.24, 2.45) is 0 Å². The van der Waals surface area contributed by atoms with Crippen molar-refractivity contribution in [3.63, 3.8) is 0 Å². The zero-order chi connectivity index (χ0) is 9.64. The molecule has 3 heteroatoms. The van der Waals surface area contributed by atoms with E-state index in [4.69, 9.17) is 0 Å². The van der Waals surface area contributed by atoms with Crippen LogP contribution in [0.1, 0.15) is 25.7 Å². The Kier molecular flexibility index (Phi) is 4.61. The number of rotatable bonds is 2. The molecule has 0 aromatic carbocycles. The Morgan fingerprint density at radius 3 is 3.00 bits per heavy atom. The van der Waals surface area contributed by atoms with E-state index in [0.717, 1.165) is 6.04 Å². The van der Waals surface area contributed by atoms with Crippen LogP contribution in [0.25, 0.3) is 0 Å². The maximum Gasteiger partial charge on any atom is 0.0195 e. The summed E-state index contributed by atoms with van der Waals surface area (Å²) < 4.78 is 0. The molecule has 0 aromatic rings. The third-order valence-electron chi connectivity index (χ3n) is 3.21. The van der Waals surface area contributed by atoms with Gasteiger partial charge in [0.15, 0.2) is 0 Å². The first-order chi connectivity index (χ1) is 6.95. The summed E-state index contributed by atoms with van der Waals surface area (Å²) in [6.07, 6.45) is 5.59. The fourth-order valence-electron chi connectivity index (χ4n) is 2.37. The van der Waals surface area contributed by atoms with Gasteiger partial charge in [-0.05, 0) is 38.1 Å². The third-order valence-corrected chi connectivity index (χ3v) is 4.25. The molecule has 2 saturated heterocycles. The Morgan fingerprint density at radius 1 is 1.14 bits per heavy atom. The van der Waals surface area contributed by atoms with Crippen molar-refractivity contribution in [1.82, 2.24) is 10.2 Å². The minimum absolute atomic E-state index is 0.784. The maximum atomic E-state index is 3.64. The van der Waals surface area contributed by atoms with Gasteiger partial charge in [-0.25, -0.2) is 0 Å². The second kappa shape index (κ2) is 5.99. The molecule has 0 aromatic heterocycles. The van der Waals surface area contributed by atoms with Crippen molar-refractivity contribution in [3.05, 3.63) is 0 Å². The van der Waals surface area contributed by atoms with Crippen LogP contribution in [0.2, 0.25) is 0 Å². The van der Waals surface area contributed by atoms with Crippen molar-refractivity contribution in [1.29, 1.82) is 0 Å². The van der Waals surface area contributed by atoms with Crippen LogP contribution in [-0.4, -0.2) is 48.6 Å². The highest BCUT2D eigenvalue weighted by Gasteiger charge is 2.17. The maximum absolute atomic E-state index is 3.64. The van der Waals surface area contributed by atoms with Crippen molar-refractivity contribution in [2.45, 2.75) is 31.7 Å². The van der Waals surface area contributed by atoms with Crippen LogP contribution in [0.5, 0.6) is 0 Å². The molecule has 0 bridgehead atoms. The first-order valence-corrected chi connectivity index (χ1v) is 7.14. The lowest BCUT2D eigenvalue weighted by atomic mass is 10.0. The standard InChI is InChI=1S/C11H22N2S/c1-2-5-12-11(4-1)10-13-6-3-8-14-9-7-13/h11-12H,1-10H2. The summed E-state index contributed by atoms with van der Waals surface area (Å²) in [5.74, 6) is 2.71. The Labute approximate surface area is 91.8 Å². The first-order valence-electron chi connectivity index (χ1n) is 5.98. The summed E-state index contributed by atoms with van der Waals surface area (Å²) in [5.41, 5.74) is 0. The molecule has 0 radical (unpaired) electrons. The predicted octanol–water partition coefficient (Wildman–Crippen LogP) is 1.57. The smallest absolute Gasteiger partial charge is 0.0195 e. The van der Waals surface area contributed by atoms with Gasteiger partial charge < -0.3 is 10.2 Å². The monoisotopic (exact) mass is 214 g/mol. The quantitative estimate of drug-likeness (QED) is 0.751. The zero-order valence-corrected chi connectivity index (χ0v) is 9.82. The summed E-state index contributed by atoms with van der Waals surface area (Å²) in [6.45, 7) is 5.17. The second-order valence-electron chi connectivity index (χ2n) is 4.41. The molecule has 2 heterocycles. The minimum Gasteiger partial charge on any atom is -0.313 e. The SMILES string of the molecule is C1CCC(CN2CCCSCC2)NC1. The molecule has 2 nitrogen and oxygen atoms in total. The van der Waals surface area contributed by atoms with Crippen LogP contribution in [0.15, 0.2) is 0 Å². The van der Waals surface area contributed by atoms with Gasteiger partial charge in [0.25, 0.3) is 0 Å². The van der Waals surface area contributed by atoms with Crippen LogP contribution >= 0.6 is 11.8 Å². The topological polar surface area (TPSA) is 15.3 Å². The van der Waals surface area contributed by atoms with Gasteiger partial charge in [0.2, 0.25) is 0 Å². The molecule has 2 fully saturated rings. The van der Waals surface area contributed by atoms with Crippen molar-refractivity contribution in [2.75, 3.05) is 37.7 Å². The second-order valence-corrected chi connectivity index (χ2v) is 5.64. The molecule has 0 amide bonds. The van der Waals surface area contributed by atoms with E-state index < -0.39 is 0 Å². The number of hydrogen-bond acceptors (Lipinski definition) is 3. The van der Waals surface area contributed by atoms with Crippen LogP contribution in [0.4, 0.5) is 0 Å². The molecule has 0 spiro atoms. The Morgan fingerprint density at radius 2 is 2.14 bits per heavy atom. The average Bonchev–Trinajstić information content (AvgIpc) is 2.48. The minimum atomic E-state index is 0.784. The molecule has 2 aliphatic rings. The van der Waals surface area contributed by atoms with Gasteiger partial charge in [0.1, 0.15) is 0 Å². The van der Waals surface area contributed by atoms with Crippen molar-refractivity contribution in [3.8, 4) is 0 Å². The fraction of sp³-hybridized carbons (Fsp3) is 1.00. The van der Waals surface area contributed by atoms with Crippen molar-refractivity contribution < 1.29 is 0 Å². The molecule has 2 aliphatic heterocycles. The van der Waals surface area contributed by atoms with E-state index in [9.17, 15) is 0 Å². The van der Waals surface area contributed by atoms with Gasteiger partial charge in [-0.1, -0.05) is 6.42 Å². The molecule has 2 rings (SSSR count). The molecule has 0 aliphatic carbocycles. The lowest BCUT2D eigenvalue weighted by molar-refractivity contribution is 0.238. The number of piperidine rings is 1. The molecule has 0 saturated carbocycles. The molecular weight excluding hydrogens is 192 g/mol. The van der Waals surface area contributed by atoms with E-state index >= 15 is 0 Å². The zero-order valence-electron chi connectivity index (χ0n) is 9.00. The highest BCUT2D eigenvalue weighted by molar-refractivity contribution is 7.99. The van der Waals surface area contributed by atoms with Gasteiger partial charge in [0.05, 0.1) is 0 Å². The highest BCUT2D eigenvalue weighted by Crippen LogP contribution is 2.13. The third kappa shape index (κ3) is 3.44. The van der Waals surface area contributed by atoms with E-state index in [-0.39, 0.29) is 0 Å². The lowest BCUT2D eigenvalue weighted by Gasteiger charge is -2.29. The van der Waals surface area contributed by atoms with E-state index in [1.165, 1.54) is 63.4 Å². The summed E-state index contributed by atoms with van der Waals surface area (Å²) >= 11 is 2.12. The van der Waals surface area contributed by atoms with Gasteiger partial charge in [0, 0.05) is 24.9 Å². The van der Waals surface area contributed by atoms with Crippen LogP contribution in [0.3, 0.4) is 0 Å². The molecular formula is C11H22N2S. The van der Waals surface area contributed by atoms with Crippen molar-refractivity contribution >= 4 is 11.8 Å². The van der Waals surface area contributed by atoms with Gasteiger partial charge >= 0.3 is 0 Å². The first kappa shape index (κ1) is 10.8. The number of hydrogen-bond donors (Lipinski definition) is 1. The van der Waals surface area contributed by atoms with Crippen LogP contribution in [-0.2, 0) is 0 Å². The summed E-state index contributed by atoms with van der Waals surface area (Å²) in [7, 11) is 0. The molecule has 14 heavy (non-hydrogen) atoms. The normalized spacial score (nSPS) is 31.3. The average molecular weight is 214 g/mol. The highest BCUT2D eigenvalue weighted by atomic mass is 32.2. The fourth-order valence-corrected chi connectivity index (χ4v) is 3.30. The molecule has 1 unspecified atom stereocenters. The molecule has 82 valence electrons. The Bertz CT molecular complexity index is 149. The van der Waals surface area contributed by atoms with E-state index in [1.54, 1.807) is 0 Å². The van der Waals surface area contributed by atoms with Gasteiger partial charge in [-0.15, -0.1) is 0 Å². The summed E-state index contributed by atoms with van der Waals surface area (Å²) in [6, 6.07) is 0.784. The predicted molar refractivity (Wildman–Crippen MR) is 64.0 cm³/mol. The van der Waals surface area contributed by atoms with E-state index in [0.29, 0.717) is 0 Å². The molecule has 1 N–H and O–H groups in total. The summed E-state index contributed by atoms with van der Waals surface area (Å²) in [5, 5.41) is 3.64. The largest absolute Gasteiger partial charge is 0.313 e. The number of nitrogens with zero attached hydrogens (tertiary/aromatic N) is 1. The summed E-state index contributed by atoms with van der Waals surface area (Å²) in [4.78, 5) is 2.66. The van der Waals surface area contributed by atoms with E-state index in [2.05, 4.69) is 22.0 Å². The van der Waals surface area contributed by atoms with E-state index in [1.807, 2.05) is 0 Å².